The predicted octanol–water partition coefficient (Wildman–Crippen LogP) is 4.96. The van der Waals surface area contributed by atoms with E-state index in [1.54, 1.807) is 30.3 Å². The summed E-state index contributed by atoms with van der Waals surface area (Å²) in [6, 6.07) is 27.2. The summed E-state index contributed by atoms with van der Waals surface area (Å²) in [6.07, 6.45) is 0.0168. The molecule has 176 valence electrons. The minimum absolute atomic E-state index is 0.0168. The number of hydrogen-bond acceptors (Lipinski definition) is 6. The van der Waals surface area contributed by atoms with Gasteiger partial charge in [-0.1, -0.05) is 70.5 Å². The maximum atomic E-state index is 12.5. The van der Waals surface area contributed by atoms with Crippen LogP contribution in [0.2, 0.25) is 0 Å². The lowest BCUT2D eigenvalue weighted by Crippen LogP contribution is -2.23. The average molecular weight is 531 g/mol. The Balaban J connectivity index is 1.40. The molecule has 0 aliphatic rings. The van der Waals surface area contributed by atoms with E-state index >= 15 is 0 Å². The van der Waals surface area contributed by atoms with Crippen LogP contribution in [0, 0.1) is 0 Å². The molecule has 1 unspecified atom stereocenters. The second-order valence-corrected chi connectivity index (χ2v) is 8.51. The fourth-order valence-corrected chi connectivity index (χ4v) is 3.53. The van der Waals surface area contributed by atoms with Crippen LogP contribution in [0.1, 0.15) is 18.0 Å². The van der Waals surface area contributed by atoms with E-state index in [1.807, 2.05) is 60.7 Å². The third kappa shape index (κ3) is 6.72. The molecule has 8 nitrogen and oxygen atoms in total. The van der Waals surface area contributed by atoms with Crippen LogP contribution in [0.5, 0.6) is 5.75 Å². The molecule has 5 N–H and O–H groups in total. The number of para-hydroxylation sites is 2. The van der Waals surface area contributed by atoms with Gasteiger partial charge in [0.15, 0.2) is 17.5 Å². The molecular weight excluding hydrogens is 508 g/mol. The molecule has 0 amide bonds. The first-order chi connectivity index (χ1) is 17.0. The molecule has 1 atom stereocenters. The Morgan fingerprint density at radius 3 is 2.37 bits per heavy atom. The van der Waals surface area contributed by atoms with Crippen molar-refractivity contribution in [2.45, 2.75) is 12.5 Å². The summed E-state index contributed by atoms with van der Waals surface area (Å²) < 4.78 is 6.49. The summed E-state index contributed by atoms with van der Waals surface area (Å²) in [6.45, 7) is 0. The molecule has 0 spiro atoms. The molecule has 0 saturated carbocycles. The lowest BCUT2D eigenvalue weighted by Gasteiger charge is -2.14. The molecule has 1 aromatic heterocycles. The van der Waals surface area contributed by atoms with E-state index in [0.717, 1.165) is 21.3 Å². The number of carbonyl (C=O) groups is 1. The van der Waals surface area contributed by atoms with E-state index in [4.69, 9.17) is 16.2 Å². The Morgan fingerprint density at radius 1 is 0.943 bits per heavy atom. The maximum Gasteiger partial charge on any atom is 0.313 e. The highest BCUT2D eigenvalue weighted by Crippen LogP contribution is 2.26. The Kier molecular flexibility index (Phi) is 7.81. The second kappa shape index (κ2) is 11.4. The van der Waals surface area contributed by atoms with Crippen molar-refractivity contribution >= 4 is 39.4 Å². The largest absolute Gasteiger partial charge is 0.424 e. The molecule has 0 aliphatic carbocycles. The standard InChI is InChI=1S/C26H23BrN6O2/c27-19-12-10-17(11-13-19)20(28)16-25(34)35-23-9-5-4-8-22(23)30-26(29)31-24-15-14-21(32-33-24)18-6-2-1-3-7-18/h1-15,20H,16,28H2,(H3,29,30,31,33). The molecule has 4 aromatic rings. The van der Waals surface area contributed by atoms with Crippen LogP contribution in [0.4, 0.5) is 11.5 Å². The highest BCUT2D eigenvalue weighted by atomic mass is 79.9. The van der Waals surface area contributed by atoms with Crippen molar-refractivity contribution in [2.24, 2.45) is 16.5 Å². The SMILES string of the molecule is NC(=Nc1ccc(-c2ccccc2)nn1)Nc1ccccc1OC(=O)CC(N)c1ccc(Br)cc1. The molecule has 0 bridgehead atoms. The minimum atomic E-state index is -0.486. The number of ether oxygens (including phenoxy) is 1. The van der Waals surface area contributed by atoms with Crippen molar-refractivity contribution in [1.29, 1.82) is 0 Å². The lowest BCUT2D eigenvalue weighted by atomic mass is 10.1. The maximum absolute atomic E-state index is 12.5. The van der Waals surface area contributed by atoms with E-state index in [2.05, 4.69) is 36.4 Å². The van der Waals surface area contributed by atoms with Crippen molar-refractivity contribution in [2.75, 3.05) is 5.32 Å². The first kappa shape index (κ1) is 24.1. The first-order valence-corrected chi connectivity index (χ1v) is 11.6. The molecule has 35 heavy (non-hydrogen) atoms. The van der Waals surface area contributed by atoms with Crippen molar-refractivity contribution in [3.05, 3.63) is 101 Å². The summed E-state index contributed by atoms with van der Waals surface area (Å²) in [5.41, 5.74) is 15.2. The van der Waals surface area contributed by atoms with Gasteiger partial charge in [-0.15, -0.1) is 10.2 Å². The summed E-state index contributed by atoms with van der Waals surface area (Å²) in [5, 5.41) is 11.3. The Hall–Kier alpha value is -4.08. The number of nitrogens with zero attached hydrogens (tertiary/aromatic N) is 3. The van der Waals surface area contributed by atoms with E-state index in [1.165, 1.54) is 0 Å². The zero-order valence-corrected chi connectivity index (χ0v) is 20.2. The van der Waals surface area contributed by atoms with Crippen LogP contribution in [-0.4, -0.2) is 22.1 Å². The zero-order valence-electron chi connectivity index (χ0n) is 18.6. The number of benzene rings is 3. The van der Waals surface area contributed by atoms with Crippen LogP contribution in [0.25, 0.3) is 11.3 Å². The van der Waals surface area contributed by atoms with E-state index in [9.17, 15) is 4.79 Å². The first-order valence-electron chi connectivity index (χ1n) is 10.8. The summed E-state index contributed by atoms with van der Waals surface area (Å²) in [4.78, 5) is 16.8. The number of anilines is 1. The van der Waals surface area contributed by atoms with Gasteiger partial charge in [-0.05, 0) is 42.0 Å². The van der Waals surface area contributed by atoms with Gasteiger partial charge in [0.2, 0.25) is 0 Å². The third-order valence-electron chi connectivity index (χ3n) is 5.01. The quantitative estimate of drug-likeness (QED) is 0.133. The number of guanidine groups is 1. The number of aliphatic imine (C=N–C) groups is 1. The lowest BCUT2D eigenvalue weighted by molar-refractivity contribution is -0.134. The number of carbonyl (C=O) groups excluding carboxylic acids is 1. The normalized spacial score (nSPS) is 12.1. The molecule has 0 fully saturated rings. The number of hydrogen-bond donors (Lipinski definition) is 3. The van der Waals surface area contributed by atoms with Crippen LogP contribution < -0.4 is 21.5 Å². The number of esters is 1. The highest BCUT2D eigenvalue weighted by molar-refractivity contribution is 9.10. The van der Waals surface area contributed by atoms with E-state index in [-0.39, 0.29) is 12.4 Å². The van der Waals surface area contributed by atoms with Crippen LogP contribution in [0.3, 0.4) is 0 Å². The monoisotopic (exact) mass is 530 g/mol. The number of rotatable bonds is 7. The van der Waals surface area contributed by atoms with Crippen molar-refractivity contribution in [3.63, 3.8) is 0 Å². The summed E-state index contributed by atoms with van der Waals surface area (Å²) >= 11 is 3.38. The van der Waals surface area contributed by atoms with Gasteiger partial charge >= 0.3 is 5.97 Å². The highest BCUT2D eigenvalue weighted by Gasteiger charge is 2.15. The van der Waals surface area contributed by atoms with Gasteiger partial charge in [-0.3, -0.25) is 4.79 Å². The molecule has 0 radical (unpaired) electrons. The van der Waals surface area contributed by atoms with Crippen molar-refractivity contribution in [1.82, 2.24) is 10.2 Å². The van der Waals surface area contributed by atoms with Gasteiger partial charge in [0.25, 0.3) is 0 Å². The fraction of sp³-hybridized carbons (Fsp3) is 0.0769. The van der Waals surface area contributed by atoms with Crippen LogP contribution in [-0.2, 0) is 4.79 Å². The summed E-state index contributed by atoms with van der Waals surface area (Å²) in [7, 11) is 0. The van der Waals surface area contributed by atoms with Crippen LogP contribution in [0.15, 0.2) is 100 Å². The van der Waals surface area contributed by atoms with Gasteiger partial charge in [0, 0.05) is 16.1 Å². The Bertz CT molecular complexity index is 1310. The molecule has 9 heteroatoms. The van der Waals surface area contributed by atoms with Crippen molar-refractivity contribution in [3.8, 4) is 17.0 Å². The second-order valence-electron chi connectivity index (χ2n) is 7.60. The Labute approximate surface area is 211 Å². The number of halogens is 1. The number of nitrogens with one attached hydrogen (secondary N) is 1. The topological polar surface area (TPSA) is 129 Å². The van der Waals surface area contributed by atoms with E-state index in [0.29, 0.717) is 17.3 Å². The third-order valence-corrected chi connectivity index (χ3v) is 5.54. The van der Waals surface area contributed by atoms with Gasteiger partial charge in [0.1, 0.15) is 0 Å². The smallest absolute Gasteiger partial charge is 0.313 e. The van der Waals surface area contributed by atoms with E-state index < -0.39 is 12.0 Å². The summed E-state index contributed by atoms with van der Waals surface area (Å²) in [5.74, 6) is 0.253. The molecule has 1 heterocycles. The van der Waals surface area contributed by atoms with Crippen LogP contribution >= 0.6 is 15.9 Å². The number of aromatic nitrogens is 2. The average Bonchev–Trinajstić information content (AvgIpc) is 2.86. The van der Waals surface area contributed by atoms with Crippen molar-refractivity contribution < 1.29 is 9.53 Å². The zero-order chi connectivity index (χ0) is 24.6. The molecule has 3 aromatic carbocycles. The molecule has 0 saturated heterocycles. The molecule has 4 rings (SSSR count). The van der Waals surface area contributed by atoms with Gasteiger partial charge < -0.3 is 21.5 Å². The Morgan fingerprint density at radius 2 is 1.66 bits per heavy atom. The molecular formula is C26H23BrN6O2. The minimum Gasteiger partial charge on any atom is -0.424 e. The molecule has 0 aliphatic heterocycles. The number of nitrogens with two attached hydrogens (primary N) is 2. The fourth-order valence-electron chi connectivity index (χ4n) is 3.27. The predicted molar refractivity (Wildman–Crippen MR) is 140 cm³/mol. The van der Waals surface area contributed by atoms with Gasteiger partial charge in [0.05, 0.1) is 17.8 Å². The van der Waals surface area contributed by atoms with Gasteiger partial charge in [-0.2, -0.15) is 4.99 Å². The van der Waals surface area contributed by atoms with Gasteiger partial charge in [-0.25, -0.2) is 0 Å².